The average Bonchev–Trinajstić information content (AvgIpc) is 2.89. The molecule has 21 heavy (non-hydrogen) atoms. The summed E-state index contributed by atoms with van der Waals surface area (Å²) < 4.78 is 69.8. The van der Waals surface area contributed by atoms with Gasteiger partial charge in [0.05, 0.1) is 10.6 Å². The van der Waals surface area contributed by atoms with Gasteiger partial charge in [-0.1, -0.05) is 11.6 Å². The standard InChI is InChI=1S/C12H5ClF5NO2/c13-4-1-6(19-2-4)12(20)21-3-5-7(14)9(16)11(18)10(17)8(5)15/h1-2,19H,3H2. The third-order valence-electron chi connectivity index (χ3n) is 2.52. The maximum atomic E-state index is 13.3. The maximum Gasteiger partial charge on any atom is 0.355 e. The number of nitrogens with one attached hydrogen (secondary N) is 1. The van der Waals surface area contributed by atoms with Gasteiger partial charge in [0.2, 0.25) is 5.82 Å². The molecule has 0 spiro atoms. The van der Waals surface area contributed by atoms with Crippen LogP contribution in [0.15, 0.2) is 12.3 Å². The minimum Gasteiger partial charge on any atom is -0.456 e. The van der Waals surface area contributed by atoms with Crippen LogP contribution in [0.4, 0.5) is 22.0 Å². The number of esters is 1. The van der Waals surface area contributed by atoms with Crippen LogP contribution < -0.4 is 0 Å². The summed E-state index contributed by atoms with van der Waals surface area (Å²) in [6.45, 7) is -1.12. The molecule has 2 rings (SSSR count). The molecule has 0 fully saturated rings. The van der Waals surface area contributed by atoms with E-state index in [1.807, 2.05) is 0 Å². The Morgan fingerprint density at radius 1 is 1.05 bits per heavy atom. The van der Waals surface area contributed by atoms with Crippen molar-refractivity contribution < 1.29 is 31.5 Å². The molecule has 0 amide bonds. The second kappa shape index (κ2) is 5.72. The number of aromatic amines is 1. The number of carbonyl (C=O) groups is 1. The van der Waals surface area contributed by atoms with Crippen molar-refractivity contribution in [2.24, 2.45) is 0 Å². The Balaban J connectivity index is 2.23. The summed E-state index contributed by atoms with van der Waals surface area (Å²) in [5.74, 6) is -11.7. The van der Waals surface area contributed by atoms with Gasteiger partial charge in [-0.2, -0.15) is 0 Å². The van der Waals surface area contributed by atoms with Crippen LogP contribution in [-0.2, 0) is 11.3 Å². The van der Waals surface area contributed by atoms with Gasteiger partial charge in [-0.05, 0) is 6.07 Å². The zero-order valence-electron chi connectivity index (χ0n) is 9.95. The molecular weight excluding hydrogens is 321 g/mol. The molecule has 0 saturated carbocycles. The topological polar surface area (TPSA) is 42.1 Å². The molecule has 3 nitrogen and oxygen atoms in total. The van der Waals surface area contributed by atoms with Gasteiger partial charge >= 0.3 is 5.97 Å². The van der Waals surface area contributed by atoms with Crippen molar-refractivity contribution in [2.45, 2.75) is 6.61 Å². The van der Waals surface area contributed by atoms with Crippen LogP contribution in [0.1, 0.15) is 16.1 Å². The van der Waals surface area contributed by atoms with Gasteiger partial charge < -0.3 is 9.72 Å². The molecule has 1 aromatic carbocycles. The Morgan fingerprint density at radius 2 is 1.57 bits per heavy atom. The molecule has 112 valence electrons. The molecular formula is C12H5ClF5NO2. The predicted octanol–water partition coefficient (Wildman–Crippen LogP) is 3.72. The van der Waals surface area contributed by atoms with E-state index in [-0.39, 0.29) is 10.7 Å². The highest BCUT2D eigenvalue weighted by molar-refractivity contribution is 6.30. The summed E-state index contributed by atoms with van der Waals surface area (Å²) >= 11 is 5.53. The average molecular weight is 326 g/mol. The molecule has 0 bridgehead atoms. The highest BCUT2D eigenvalue weighted by atomic mass is 35.5. The van der Waals surface area contributed by atoms with Gasteiger partial charge in [-0.15, -0.1) is 0 Å². The van der Waals surface area contributed by atoms with E-state index in [0.717, 1.165) is 0 Å². The fraction of sp³-hybridized carbons (Fsp3) is 0.0833. The maximum absolute atomic E-state index is 13.3. The van der Waals surface area contributed by atoms with Crippen molar-refractivity contribution in [3.63, 3.8) is 0 Å². The first kappa shape index (κ1) is 15.3. The zero-order chi connectivity index (χ0) is 15.7. The highest BCUT2D eigenvalue weighted by Crippen LogP contribution is 2.24. The second-order valence-corrected chi connectivity index (χ2v) is 4.29. The molecule has 2 aromatic rings. The second-order valence-electron chi connectivity index (χ2n) is 3.86. The largest absolute Gasteiger partial charge is 0.456 e. The summed E-state index contributed by atoms with van der Waals surface area (Å²) in [6, 6.07) is 1.17. The molecule has 1 N–H and O–H groups in total. The van der Waals surface area contributed by atoms with Crippen LogP contribution in [0.25, 0.3) is 0 Å². The van der Waals surface area contributed by atoms with E-state index >= 15 is 0 Å². The zero-order valence-corrected chi connectivity index (χ0v) is 10.7. The Kier molecular flexibility index (Phi) is 4.17. The van der Waals surface area contributed by atoms with Crippen molar-refractivity contribution in [1.29, 1.82) is 0 Å². The lowest BCUT2D eigenvalue weighted by atomic mass is 10.2. The molecule has 0 aliphatic heterocycles. The smallest absolute Gasteiger partial charge is 0.355 e. The number of halogens is 6. The van der Waals surface area contributed by atoms with Gasteiger partial charge in [0.1, 0.15) is 12.3 Å². The van der Waals surface area contributed by atoms with Crippen LogP contribution in [0, 0.1) is 29.1 Å². The summed E-state index contributed by atoms with van der Waals surface area (Å²) in [5.41, 5.74) is -1.37. The SMILES string of the molecule is O=C(OCc1c(F)c(F)c(F)c(F)c1F)c1cc(Cl)c[nH]1. The third-order valence-corrected chi connectivity index (χ3v) is 2.73. The first-order valence-corrected chi connectivity index (χ1v) is 5.72. The summed E-state index contributed by atoms with van der Waals surface area (Å²) in [5, 5.41) is 0.179. The summed E-state index contributed by atoms with van der Waals surface area (Å²) in [7, 11) is 0. The Bertz CT molecular complexity index is 687. The van der Waals surface area contributed by atoms with E-state index in [1.54, 1.807) is 0 Å². The minimum absolute atomic E-state index is 0.135. The molecule has 1 aromatic heterocycles. The van der Waals surface area contributed by atoms with Crippen molar-refractivity contribution in [2.75, 3.05) is 0 Å². The Morgan fingerprint density at radius 3 is 2.05 bits per heavy atom. The van der Waals surface area contributed by atoms with Crippen molar-refractivity contribution >= 4 is 17.6 Å². The van der Waals surface area contributed by atoms with Crippen LogP contribution in [-0.4, -0.2) is 11.0 Å². The van der Waals surface area contributed by atoms with E-state index < -0.39 is 47.2 Å². The van der Waals surface area contributed by atoms with Gasteiger partial charge in [0, 0.05) is 6.20 Å². The van der Waals surface area contributed by atoms with Crippen molar-refractivity contribution in [1.82, 2.24) is 4.98 Å². The minimum atomic E-state index is -2.28. The van der Waals surface area contributed by atoms with Crippen LogP contribution in [0.5, 0.6) is 0 Å². The van der Waals surface area contributed by atoms with Gasteiger partial charge in [-0.25, -0.2) is 26.7 Å². The number of H-pyrrole nitrogens is 1. The Labute approximate surface area is 119 Å². The lowest BCUT2D eigenvalue weighted by Crippen LogP contribution is -2.12. The van der Waals surface area contributed by atoms with Gasteiger partial charge in [0.15, 0.2) is 23.3 Å². The number of carbonyl (C=O) groups excluding carboxylic acids is 1. The number of hydrogen-bond donors (Lipinski definition) is 1. The lowest BCUT2D eigenvalue weighted by Gasteiger charge is -2.08. The number of benzene rings is 1. The third kappa shape index (κ3) is 2.85. The van der Waals surface area contributed by atoms with Crippen LogP contribution >= 0.6 is 11.6 Å². The van der Waals surface area contributed by atoms with E-state index in [2.05, 4.69) is 9.72 Å². The van der Waals surface area contributed by atoms with E-state index in [1.165, 1.54) is 12.3 Å². The first-order chi connectivity index (χ1) is 9.82. The fourth-order valence-corrected chi connectivity index (χ4v) is 1.64. The van der Waals surface area contributed by atoms with E-state index in [9.17, 15) is 26.7 Å². The van der Waals surface area contributed by atoms with Crippen LogP contribution in [0.3, 0.4) is 0 Å². The highest BCUT2D eigenvalue weighted by Gasteiger charge is 2.26. The molecule has 0 radical (unpaired) electrons. The van der Waals surface area contributed by atoms with Crippen LogP contribution in [0.2, 0.25) is 5.02 Å². The van der Waals surface area contributed by atoms with E-state index in [0.29, 0.717) is 0 Å². The van der Waals surface area contributed by atoms with Crippen molar-refractivity contribution in [3.05, 3.63) is 57.6 Å². The molecule has 0 atom stereocenters. The number of ether oxygens (including phenoxy) is 1. The van der Waals surface area contributed by atoms with Gasteiger partial charge in [0.25, 0.3) is 0 Å². The first-order valence-electron chi connectivity index (χ1n) is 5.34. The van der Waals surface area contributed by atoms with Crippen molar-refractivity contribution in [3.8, 4) is 0 Å². The molecule has 1 heterocycles. The molecule has 0 saturated heterocycles. The predicted molar refractivity (Wildman–Crippen MR) is 61.2 cm³/mol. The quantitative estimate of drug-likeness (QED) is 0.404. The summed E-state index contributed by atoms with van der Waals surface area (Å²) in [4.78, 5) is 13.9. The monoisotopic (exact) mass is 325 g/mol. The van der Waals surface area contributed by atoms with E-state index in [4.69, 9.17) is 11.6 Å². The lowest BCUT2D eigenvalue weighted by molar-refractivity contribution is 0.0456. The number of rotatable bonds is 3. The number of aromatic nitrogens is 1. The van der Waals surface area contributed by atoms with Gasteiger partial charge in [-0.3, -0.25) is 0 Å². The molecule has 0 aliphatic rings. The fourth-order valence-electron chi connectivity index (χ4n) is 1.48. The summed E-state index contributed by atoms with van der Waals surface area (Å²) in [6.07, 6.45) is 1.25. The molecule has 0 aliphatic carbocycles. The Hall–Kier alpha value is -2.09. The number of hydrogen-bond acceptors (Lipinski definition) is 2. The normalized spacial score (nSPS) is 10.8. The molecule has 9 heteroatoms. The molecule has 0 unspecified atom stereocenters.